The van der Waals surface area contributed by atoms with E-state index >= 15 is 0 Å². The first kappa shape index (κ1) is 15.8. The normalized spacial score (nSPS) is 11.1. The summed E-state index contributed by atoms with van der Waals surface area (Å²) in [4.78, 5) is 15.9. The van der Waals surface area contributed by atoms with Crippen LogP contribution in [0, 0.1) is 12.8 Å². The van der Waals surface area contributed by atoms with Gasteiger partial charge in [0.15, 0.2) is 0 Å². The highest BCUT2D eigenvalue weighted by atomic mass is 79.9. The molecule has 0 saturated carbocycles. The molecule has 0 aliphatic heterocycles. The molecule has 21 heavy (non-hydrogen) atoms. The highest BCUT2D eigenvalue weighted by Gasteiger charge is 2.16. The Labute approximate surface area is 131 Å². The Balaban J connectivity index is 2.50. The molecule has 0 atom stereocenters. The lowest BCUT2D eigenvalue weighted by Gasteiger charge is -2.11. The van der Waals surface area contributed by atoms with E-state index in [0.29, 0.717) is 5.92 Å². The van der Waals surface area contributed by atoms with Crippen molar-refractivity contribution in [3.8, 4) is 0 Å². The van der Waals surface area contributed by atoms with Gasteiger partial charge in [-0.15, -0.1) is 0 Å². The van der Waals surface area contributed by atoms with Crippen molar-refractivity contribution in [2.75, 3.05) is 11.9 Å². The Bertz CT molecular complexity index is 667. The van der Waals surface area contributed by atoms with Crippen molar-refractivity contribution >= 4 is 33.3 Å². The van der Waals surface area contributed by atoms with Crippen molar-refractivity contribution in [2.45, 2.75) is 27.2 Å². The second kappa shape index (κ2) is 6.44. The second-order valence-electron chi connectivity index (χ2n) is 5.35. The molecular formula is C14H19BrN4O2. The van der Waals surface area contributed by atoms with Crippen molar-refractivity contribution in [3.05, 3.63) is 28.0 Å². The number of anilines is 1. The molecule has 2 aromatic rings. The number of hydrogen-bond acceptors (Lipinski definition) is 4. The Morgan fingerprint density at radius 3 is 2.81 bits per heavy atom. The maximum Gasteiger partial charge on any atom is 0.262 e. The average Bonchev–Trinajstić information content (AvgIpc) is 2.77. The van der Waals surface area contributed by atoms with Crippen LogP contribution in [0.2, 0.25) is 0 Å². The maximum atomic E-state index is 11.3. The minimum Gasteiger partial charge on any atom is -0.360 e. The highest BCUT2D eigenvalue weighted by molar-refractivity contribution is 9.10. The largest absolute Gasteiger partial charge is 0.360 e. The Morgan fingerprint density at radius 1 is 1.48 bits per heavy atom. The van der Waals surface area contributed by atoms with Crippen molar-refractivity contribution in [2.24, 2.45) is 5.92 Å². The smallest absolute Gasteiger partial charge is 0.262 e. The highest BCUT2D eigenvalue weighted by Crippen LogP contribution is 2.26. The summed E-state index contributed by atoms with van der Waals surface area (Å²) in [6.45, 7) is 6.21. The summed E-state index contributed by atoms with van der Waals surface area (Å²) in [5.41, 5.74) is 4.37. The van der Waals surface area contributed by atoms with Crippen molar-refractivity contribution in [1.29, 1.82) is 0 Å². The molecule has 0 fully saturated rings. The number of carbonyl (C=O) groups excluding carboxylic acids is 1. The standard InChI is InChI=1S/C14H19BrN4O2/c1-8(2)6-11-14(16-7-13(20)18-21)19-9(3)10(15)4-5-12(19)17-11/h4-5,8,16,21H,6-7H2,1-3H3,(H,18,20). The van der Waals surface area contributed by atoms with Crippen LogP contribution in [0.25, 0.3) is 5.65 Å². The third kappa shape index (κ3) is 3.36. The summed E-state index contributed by atoms with van der Waals surface area (Å²) in [5, 5.41) is 11.7. The van der Waals surface area contributed by atoms with E-state index in [4.69, 9.17) is 5.21 Å². The zero-order valence-corrected chi connectivity index (χ0v) is 13.9. The molecular weight excluding hydrogens is 336 g/mol. The van der Waals surface area contributed by atoms with E-state index in [1.54, 1.807) is 5.48 Å². The van der Waals surface area contributed by atoms with Gasteiger partial charge in [0.2, 0.25) is 0 Å². The van der Waals surface area contributed by atoms with E-state index < -0.39 is 5.91 Å². The lowest BCUT2D eigenvalue weighted by atomic mass is 10.1. The van der Waals surface area contributed by atoms with Crippen LogP contribution >= 0.6 is 15.9 Å². The molecule has 0 spiro atoms. The van der Waals surface area contributed by atoms with Crippen LogP contribution in [0.15, 0.2) is 16.6 Å². The lowest BCUT2D eigenvalue weighted by molar-refractivity contribution is -0.127. The Hall–Kier alpha value is -1.60. The van der Waals surface area contributed by atoms with Crippen LogP contribution in [0.5, 0.6) is 0 Å². The summed E-state index contributed by atoms with van der Waals surface area (Å²) in [6.07, 6.45) is 0.807. The fourth-order valence-corrected chi connectivity index (χ4v) is 2.53. The number of aryl methyl sites for hydroxylation is 1. The number of carbonyl (C=O) groups is 1. The van der Waals surface area contributed by atoms with Crippen molar-refractivity contribution in [1.82, 2.24) is 14.9 Å². The fraction of sp³-hybridized carbons (Fsp3) is 0.429. The number of pyridine rings is 1. The first-order valence-electron chi connectivity index (χ1n) is 6.77. The van der Waals surface area contributed by atoms with Crippen LogP contribution in [-0.4, -0.2) is 27.0 Å². The zero-order valence-electron chi connectivity index (χ0n) is 12.3. The van der Waals surface area contributed by atoms with Gasteiger partial charge >= 0.3 is 0 Å². The van der Waals surface area contributed by atoms with Gasteiger partial charge in [0.1, 0.15) is 11.5 Å². The number of hydrogen-bond donors (Lipinski definition) is 3. The predicted molar refractivity (Wildman–Crippen MR) is 84.6 cm³/mol. The number of amides is 1. The van der Waals surface area contributed by atoms with Gasteiger partial charge in [-0.2, -0.15) is 0 Å². The van der Waals surface area contributed by atoms with Gasteiger partial charge in [-0.05, 0) is 47.3 Å². The summed E-state index contributed by atoms with van der Waals surface area (Å²) in [5.74, 6) is 0.750. The Kier molecular flexibility index (Phi) is 4.84. The number of hydroxylamine groups is 1. The third-order valence-corrected chi connectivity index (χ3v) is 4.02. The van der Waals surface area contributed by atoms with Crippen LogP contribution < -0.4 is 10.8 Å². The van der Waals surface area contributed by atoms with Gasteiger partial charge in [0.05, 0.1) is 12.2 Å². The summed E-state index contributed by atoms with van der Waals surface area (Å²) in [6, 6.07) is 3.89. The first-order chi connectivity index (χ1) is 9.93. The molecule has 0 unspecified atom stereocenters. The molecule has 1 amide bonds. The lowest BCUT2D eigenvalue weighted by Crippen LogP contribution is -2.27. The van der Waals surface area contributed by atoms with Crippen LogP contribution in [-0.2, 0) is 11.2 Å². The number of fused-ring (bicyclic) bond motifs is 1. The Morgan fingerprint density at radius 2 is 2.19 bits per heavy atom. The quantitative estimate of drug-likeness (QED) is 0.569. The van der Waals surface area contributed by atoms with Gasteiger partial charge in [-0.25, -0.2) is 10.5 Å². The first-order valence-corrected chi connectivity index (χ1v) is 7.56. The average molecular weight is 355 g/mol. The van der Waals surface area contributed by atoms with E-state index in [1.807, 2.05) is 23.5 Å². The molecule has 114 valence electrons. The fourth-order valence-electron chi connectivity index (χ4n) is 2.22. The molecule has 7 heteroatoms. The van der Waals surface area contributed by atoms with E-state index in [-0.39, 0.29) is 6.54 Å². The summed E-state index contributed by atoms with van der Waals surface area (Å²) < 4.78 is 2.95. The summed E-state index contributed by atoms with van der Waals surface area (Å²) >= 11 is 3.51. The molecule has 0 bridgehead atoms. The topological polar surface area (TPSA) is 78.7 Å². The third-order valence-electron chi connectivity index (χ3n) is 3.18. The van der Waals surface area contributed by atoms with Crippen LogP contribution in [0.4, 0.5) is 5.82 Å². The van der Waals surface area contributed by atoms with Gasteiger partial charge in [0, 0.05) is 10.2 Å². The minimum atomic E-state index is -0.493. The van der Waals surface area contributed by atoms with E-state index in [0.717, 1.165) is 33.7 Å². The van der Waals surface area contributed by atoms with E-state index in [9.17, 15) is 4.79 Å². The van der Waals surface area contributed by atoms with Gasteiger partial charge in [0.25, 0.3) is 5.91 Å². The number of nitrogens with zero attached hydrogens (tertiary/aromatic N) is 2. The number of nitrogens with one attached hydrogen (secondary N) is 2. The number of halogens is 1. The molecule has 2 rings (SSSR count). The predicted octanol–water partition coefficient (Wildman–Crippen LogP) is 2.52. The second-order valence-corrected chi connectivity index (χ2v) is 6.21. The number of aromatic nitrogens is 2. The van der Waals surface area contributed by atoms with Crippen LogP contribution in [0.1, 0.15) is 25.2 Å². The molecule has 0 saturated heterocycles. The molecule has 0 aromatic carbocycles. The maximum absolute atomic E-state index is 11.3. The van der Waals surface area contributed by atoms with Gasteiger partial charge < -0.3 is 5.32 Å². The monoisotopic (exact) mass is 354 g/mol. The van der Waals surface area contributed by atoms with Crippen molar-refractivity contribution in [3.63, 3.8) is 0 Å². The number of rotatable bonds is 5. The molecule has 0 aliphatic rings. The molecule has 2 heterocycles. The van der Waals surface area contributed by atoms with E-state index in [1.165, 1.54) is 0 Å². The molecule has 6 nitrogen and oxygen atoms in total. The van der Waals surface area contributed by atoms with Crippen LogP contribution in [0.3, 0.4) is 0 Å². The molecule has 0 aliphatic carbocycles. The zero-order chi connectivity index (χ0) is 15.6. The van der Waals surface area contributed by atoms with Gasteiger partial charge in [-0.3, -0.25) is 14.4 Å². The minimum absolute atomic E-state index is 0.0126. The number of imidazole rings is 1. The molecule has 3 N–H and O–H groups in total. The van der Waals surface area contributed by atoms with E-state index in [2.05, 4.69) is 40.1 Å². The SMILES string of the molecule is Cc1c(Br)ccc2nc(CC(C)C)c(NCC(=O)NO)n12. The summed E-state index contributed by atoms with van der Waals surface area (Å²) in [7, 11) is 0. The van der Waals surface area contributed by atoms with Gasteiger partial charge in [-0.1, -0.05) is 13.8 Å². The molecule has 0 radical (unpaired) electrons. The molecule has 2 aromatic heterocycles. The van der Waals surface area contributed by atoms with Crippen molar-refractivity contribution < 1.29 is 10.0 Å².